The van der Waals surface area contributed by atoms with Crippen molar-refractivity contribution in [3.63, 3.8) is 0 Å². The van der Waals surface area contributed by atoms with E-state index in [1.165, 1.54) is 0 Å². The topological polar surface area (TPSA) is 48.7 Å². The molecule has 1 amide bonds. The van der Waals surface area contributed by atoms with Crippen LogP contribution in [0.5, 0.6) is 0 Å². The molecule has 4 rings (SSSR count). The normalized spacial score (nSPS) is 21.5. The number of carbonyl (C=O) groups excluding carboxylic acids is 1. The monoisotopic (exact) mass is 363 g/mol. The number of fused-ring (bicyclic) bond motifs is 1. The van der Waals surface area contributed by atoms with Crippen molar-refractivity contribution in [1.82, 2.24) is 15.1 Å². The first-order valence-electron chi connectivity index (χ1n) is 8.88. The molecule has 1 N–H and O–H groups in total. The van der Waals surface area contributed by atoms with Gasteiger partial charge in [0.05, 0.1) is 0 Å². The lowest BCUT2D eigenvalue weighted by Gasteiger charge is -2.32. The van der Waals surface area contributed by atoms with Crippen LogP contribution in [0, 0.1) is 13.8 Å². The summed E-state index contributed by atoms with van der Waals surface area (Å²) in [5.74, 6) is 0.556. The van der Waals surface area contributed by atoms with Crippen molar-refractivity contribution in [3.05, 3.63) is 35.1 Å². The van der Waals surface area contributed by atoms with Crippen LogP contribution in [0.2, 0.25) is 0 Å². The van der Waals surface area contributed by atoms with E-state index in [0.29, 0.717) is 11.8 Å². The van der Waals surface area contributed by atoms with Gasteiger partial charge in [0.25, 0.3) is 5.91 Å². The molecule has 5 nitrogen and oxygen atoms in total. The number of furan rings is 1. The molecule has 2 aromatic rings. The number of carbonyl (C=O) groups is 1. The zero-order valence-corrected chi connectivity index (χ0v) is 15.7. The van der Waals surface area contributed by atoms with Crippen molar-refractivity contribution in [1.29, 1.82) is 0 Å². The van der Waals surface area contributed by atoms with E-state index >= 15 is 0 Å². The van der Waals surface area contributed by atoms with Crippen LogP contribution in [0.25, 0.3) is 11.0 Å². The summed E-state index contributed by atoms with van der Waals surface area (Å²) in [4.78, 5) is 17.5. The number of likely N-dealkylation sites (tertiary alicyclic amines) is 1. The third-order valence-electron chi connectivity index (χ3n) is 5.47. The maximum absolute atomic E-state index is 13.0. The summed E-state index contributed by atoms with van der Waals surface area (Å²) in [6.45, 7) is 9.90. The molecule has 1 unspecified atom stereocenters. The lowest BCUT2D eigenvalue weighted by atomic mass is 10.1. The third kappa shape index (κ3) is 3.28. The second kappa shape index (κ2) is 7.36. The Labute approximate surface area is 154 Å². The number of amides is 1. The first-order valence-corrected chi connectivity index (χ1v) is 8.88. The van der Waals surface area contributed by atoms with Crippen LogP contribution in [0.15, 0.2) is 22.6 Å². The molecule has 2 aliphatic heterocycles. The van der Waals surface area contributed by atoms with E-state index in [9.17, 15) is 4.79 Å². The number of piperazine rings is 1. The number of para-hydroxylation sites is 1. The highest BCUT2D eigenvalue weighted by molar-refractivity contribution is 5.99. The second-order valence-electron chi connectivity index (χ2n) is 6.99. The Kier molecular flexibility index (Phi) is 5.37. The van der Waals surface area contributed by atoms with Gasteiger partial charge < -0.3 is 14.6 Å². The molecular weight excluding hydrogens is 338 g/mol. The Morgan fingerprint density at radius 1 is 1.20 bits per heavy atom. The molecule has 2 saturated heterocycles. The van der Waals surface area contributed by atoms with E-state index in [4.69, 9.17) is 4.42 Å². The average Bonchev–Trinajstić information content (AvgIpc) is 3.22. The van der Waals surface area contributed by atoms with E-state index in [-0.39, 0.29) is 18.3 Å². The van der Waals surface area contributed by atoms with Gasteiger partial charge >= 0.3 is 0 Å². The number of nitrogens with one attached hydrogen (secondary N) is 1. The molecule has 0 spiro atoms. The van der Waals surface area contributed by atoms with Gasteiger partial charge in [-0.05, 0) is 25.8 Å². The van der Waals surface area contributed by atoms with Crippen molar-refractivity contribution in [3.8, 4) is 0 Å². The predicted molar refractivity (Wildman–Crippen MR) is 102 cm³/mol. The van der Waals surface area contributed by atoms with Crippen molar-refractivity contribution < 1.29 is 9.21 Å². The Morgan fingerprint density at radius 2 is 1.96 bits per heavy atom. The van der Waals surface area contributed by atoms with Crippen LogP contribution in [0.3, 0.4) is 0 Å². The van der Waals surface area contributed by atoms with E-state index in [1.54, 1.807) is 0 Å². The Morgan fingerprint density at radius 3 is 2.68 bits per heavy atom. The fourth-order valence-electron chi connectivity index (χ4n) is 4.00. The van der Waals surface area contributed by atoms with Gasteiger partial charge in [-0.25, -0.2) is 0 Å². The number of benzene rings is 1. The molecule has 1 aromatic heterocycles. The number of hydrogen-bond acceptors (Lipinski definition) is 4. The highest BCUT2D eigenvalue weighted by atomic mass is 35.5. The van der Waals surface area contributed by atoms with E-state index in [1.807, 2.05) is 36.9 Å². The van der Waals surface area contributed by atoms with Crippen LogP contribution < -0.4 is 5.32 Å². The molecule has 0 aliphatic carbocycles. The molecule has 6 heteroatoms. The largest absolute Gasteiger partial charge is 0.450 e. The minimum atomic E-state index is 0. The fourth-order valence-corrected chi connectivity index (χ4v) is 4.00. The minimum absolute atomic E-state index is 0. The summed E-state index contributed by atoms with van der Waals surface area (Å²) >= 11 is 0. The molecule has 0 saturated carbocycles. The summed E-state index contributed by atoms with van der Waals surface area (Å²) in [5.41, 5.74) is 2.88. The predicted octanol–water partition coefficient (Wildman–Crippen LogP) is 2.59. The van der Waals surface area contributed by atoms with Crippen molar-refractivity contribution in [2.45, 2.75) is 26.3 Å². The van der Waals surface area contributed by atoms with Crippen LogP contribution in [-0.4, -0.2) is 61.0 Å². The molecule has 136 valence electrons. The highest BCUT2D eigenvalue weighted by Crippen LogP contribution is 2.29. The van der Waals surface area contributed by atoms with Crippen LogP contribution in [-0.2, 0) is 0 Å². The lowest BCUT2D eigenvalue weighted by molar-refractivity contribution is 0.0743. The molecule has 0 bridgehead atoms. The first kappa shape index (κ1) is 18.2. The standard InChI is InChI=1S/C19H25N3O2.ClH/c1-13-4-3-5-16-14(2)18(24-17(13)16)19(23)22-9-6-15(12-22)21-10-7-20-8-11-21;/h3-5,15,20H,6-12H2,1-2H3;1H. The zero-order chi connectivity index (χ0) is 16.7. The summed E-state index contributed by atoms with van der Waals surface area (Å²) in [6.07, 6.45) is 1.06. The van der Waals surface area contributed by atoms with Gasteiger partial charge in [0.15, 0.2) is 5.76 Å². The number of hydrogen-bond donors (Lipinski definition) is 1. The summed E-state index contributed by atoms with van der Waals surface area (Å²) in [5, 5.41) is 4.44. The molecule has 2 aliphatic rings. The number of aryl methyl sites for hydroxylation is 2. The van der Waals surface area contributed by atoms with Crippen LogP contribution in [0.4, 0.5) is 0 Å². The zero-order valence-electron chi connectivity index (χ0n) is 14.9. The molecule has 25 heavy (non-hydrogen) atoms. The van der Waals surface area contributed by atoms with Gasteiger partial charge in [0.1, 0.15) is 5.58 Å². The maximum Gasteiger partial charge on any atom is 0.289 e. The Hall–Kier alpha value is -1.56. The lowest BCUT2D eigenvalue weighted by Crippen LogP contribution is -2.49. The van der Waals surface area contributed by atoms with Crippen LogP contribution in [0.1, 0.15) is 28.1 Å². The molecule has 1 atom stereocenters. The van der Waals surface area contributed by atoms with Crippen LogP contribution >= 0.6 is 12.4 Å². The first-order chi connectivity index (χ1) is 11.6. The summed E-state index contributed by atoms with van der Waals surface area (Å²) < 4.78 is 5.97. The second-order valence-corrected chi connectivity index (χ2v) is 6.99. The van der Waals surface area contributed by atoms with Gasteiger partial charge in [-0.15, -0.1) is 12.4 Å². The van der Waals surface area contributed by atoms with E-state index in [2.05, 4.69) is 10.2 Å². The average molecular weight is 364 g/mol. The molecule has 1 aromatic carbocycles. The van der Waals surface area contributed by atoms with Gasteiger partial charge in [-0.1, -0.05) is 18.2 Å². The number of halogens is 1. The molecule has 2 fully saturated rings. The quantitative estimate of drug-likeness (QED) is 0.891. The maximum atomic E-state index is 13.0. The van der Waals surface area contributed by atoms with Crippen molar-refractivity contribution in [2.75, 3.05) is 39.3 Å². The van der Waals surface area contributed by atoms with Gasteiger partial charge in [-0.3, -0.25) is 9.69 Å². The Balaban J connectivity index is 0.00000182. The minimum Gasteiger partial charge on any atom is -0.450 e. The highest BCUT2D eigenvalue weighted by Gasteiger charge is 2.33. The van der Waals surface area contributed by atoms with E-state index < -0.39 is 0 Å². The smallest absolute Gasteiger partial charge is 0.289 e. The summed E-state index contributed by atoms with van der Waals surface area (Å²) in [6, 6.07) is 6.56. The third-order valence-corrected chi connectivity index (χ3v) is 5.47. The molecule has 0 radical (unpaired) electrons. The van der Waals surface area contributed by atoms with Gasteiger partial charge in [-0.2, -0.15) is 0 Å². The van der Waals surface area contributed by atoms with E-state index in [0.717, 1.165) is 67.8 Å². The number of nitrogens with zero attached hydrogens (tertiary/aromatic N) is 2. The molecule has 3 heterocycles. The summed E-state index contributed by atoms with van der Waals surface area (Å²) in [7, 11) is 0. The SMILES string of the molecule is Cc1c(C(=O)N2CCC(N3CCNCC3)C2)oc2c(C)cccc12.Cl. The van der Waals surface area contributed by atoms with Gasteiger partial charge in [0.2, 0.25) is 0 Å². The fraction of sp³-hybridized carbons (Fsp3) is 0.526. The van der Waals surface area contributed by atoms with Crippen molar-refractivity contribution in [2.24, 2.45) is 0 Å². The number of rotatable bonds is 2. The molecular formula is C19H26ClN3O2. The van der Waals surface area contributed by atoms with Gasteiger partial charge in [0, 0.05) is 56.3 Å². The van der Waals surface area contributed by atoms with Crippen molar-refractivity contribution >= 4 is 29.3 Å². The Bertz CT molecular complexity index is 767.